The van der Waals surface area contributed by atoms with Crippen LogP contribution in [0.1, 0.15) is 12.8 Å². The number of methoxy groups -OCH3 is 2. The van der Waals surface area contributed by atoms with Gasteiger partial charge in [-0.25, -0.2) is 4.98 Å². The molecule has 3 aromatic rings. The summed E-state index contributed by atoms with van der Waals surface area (Å²) in [6, 6.07) is 7.13. The fourth-order valence-corrected chi connectivity index (χ4v) is 3.43. The number of aliphatic hydroxyl groups excluding tert-OH is 1. The van der Waals surface area contributed by atoms with E-state index in [1.165, 1.54) is 0 Å². The predicted octanol–water partition coefficient (Wildman–Crippen LogP) is 2.04. The first-order chi connectivity index (χ1) is 14.1. The number of benzene rings is 1. The lowest BCUT2D eigenvalue weighted by Gasteiger charge is -2.30. The van der Waals surface area contributed by atoms with Crippen molar-refractivity contribution in [2.75, 3.05) is 37.5 Å². The molecule has 0 atom stereocenters. The van der Waals surface area contributed by atoms with Gasteiger partial charge >= 0.3 is 0 Å². The number of piperidine rings is 1. The first-order valence-electron chi connectivity index (χ1n) is 9.40. The van der Waals surface area contributed by atoms with Gasteiger partial charge in [-0.3, -0.25) is 4.79 Å². The van der Waals surface area contributed by atoms with Crippen LogP contribution < -0.4 is 25.2 Å². The number of aromatic nitrogens is 3. The van der Waals surface area contributed by atoms with Crippen molar-refractivity contribution < 1.29 is 14.6 Å². The van der Waals surface area contributed by atoms with Crippen molar-refractivity contribution in [1.29, 1.82) is 0 Å². The van der Waals surface area contributed by atoms with Crippen molar-refractivity contribution in [3.05, 3.63) is 40.8 Å². The standard InChI is InChI=1S/C20H23N5O4/c1-28-15-4-3-12(11-16(15)29-2)22-18-17-14(5-8-21-19(17)27)23-20(24-18)25-9-6-13(26)7-10-25/h3-5,8,11,13,26H,6-7,9-10H2,1-2H3,(H,21,27)(H,22,23,24). The molecule has 1 aromatic carbocycles. The van der Waals surface area contributed by atoms with Gasteiger partial charge in [-0.2, -0.15) is 4.98 Å². The van der Waals surface area contributed by atoms with Crippen molar-refractivity contribution >= 4 is 28.4 Å². The van der Waals surface area contributed by atoms with E-state index in [1.54, 1.807) is 38.6 Å². The normalized spacial score (nSPS) is 14.8. The van der Waals surface area contributed by atoms with E-state index in [2.05, 4.69) is 20.3 Å². The molecule has 0 spiro atoms. The van der Waals surface area contributed by atoms with Gasteiger partial charge in [-0.1, -0.05) is 0 Å². The van der Waals surface area contributed by atoms with Gasteiger partial charge in [-0.05, 0) is 31.0 Å². The first kappa shape index (κ1) is 19.0. The molecule has 0 amide bonds. The maximum atomic E-state index is 12.5. The summed E-state index contributed by atoms with van der Waals surface area (Å²) in [6.07, 6.45) is 2.60. The lowest BCUT2D eigenvalue weighted by molar-refractivity contribution is 0.145. The van der Waals surface area contributed by atoms with E-state index in [1.807, 2.05) is 11.0 Å². The van der Waals surface area contributed by atoms with Crippen LogP contribution in [0.3, 0.4) is 0 Å². The smallest absolute Gasteiger partial charge is 0.261 e. The quantitative estimate of drug-likeness (QED) is 0.600. The molecule has 3 heterocycles. The second-order valence-corrected chi connectivity index (χ2v) is 6.85. The van der Waals surface area contributed by atoms with Crippen LogP contribution in [0.15, 0.2) is 35.3 Å². The monoisotopic (exact) mass is 397 g/mol. The highest BCUT2D eigenvalue weighted by molar-refractivity contribution is 5.91. The topological polar surface area (TPSA) is 113 Å². The number of pyridine rings is 1. The number of hydrogen-bond acceptors (Lipinski definition) is 8. The number of aliphatic hydroxyl groups is 1. The maximum Gasteiger partial charge on any atom is 0.261 e. The summed E-state index contributed by atoms with van der Waals surface area (Å²) in [5.41, 5.74) is 0.977. The Morgan fingerprint density at radius 3 is 2.62 bits per heavy atom. The van der Waals surface area contributed by atoms with E-state index in [-0.39, 0.29) is 11.7 Å². The van der Waals surface area contributed by atoms with E-state index in [0.717, 1.165) is 0 Å². The molecule has 0 radical (unpaired) electrons. The number of rotatable bonds is 5. The third-order valence-corrected chi connectivity index (χ3v) is 5.00. The Hall–Kier alpha value is -3.33. The highest BCUT2D eigenvalue weighted by atomic mass is 16.5. The summed E-state index contributed by atoms with van der Waals surface area (Å²) >= 11 is 0. The number of nitrogens with one attached hydrogen (secondary N) is 2. The van der Waals surface area contributed by atoms with Crippen molar-refractivity contribution in [3.8, 4) is 11.5 Å². The predicted molar refractivity (Wildman–Crippen MR) is 110 cm³/mol. The Labute approximate surface area is 167 Å². The van der Waals surface area contributed by atoms with E-state index in [9.17, 15) is 9.90 Å². The highest BCUT2D eigenvalue weighted by Crippen LogP contribution is 2.32. The van der Waals surface area contributed by atoms with Crippen molar-refractivity contribution in [2.45, 2.75) is 18.9 Å². The molecule has 9 heteroatoms. The Balaban J connectivity index is 1.77. The molecular formula is C20H23N5O4. The van der Waals surface area contributed by atoms with E-state index < -0.39 is 0 Å². The summed E-state index contributed by atoms with van der Waals surface area (Å²) < 4.78 is 10.6. The molecular weight excluding hydrogens is 374 g/mol. The van der Waals surface area contributed by atoms with Gasteiger partial charge in [0.15, 0.2) is 11.5 Å². The van der Waals surface area contributed by atoms with Gasteiger partial charge in [0.2, 0.25) is 5.95 Å². The van der Waals surface area contributed by atoms with Crippen LogP contribution in [0.4, 0.5) is 17.5 Å². The number of H-pyrrole nitrogens is 1. The van der Waals surface area contributed by atoms with E-state index in [0.29, 0.717) is 65.8 Å². The van der Waals surface area contributed by atoms with Crippen molar-refractivity contribution in [1.82, 2.24) is 15.0 Å². The average molecular weight is 397 g/mol. The van der Waals surface area contributed by atoms with Crippen molar-refractivity contribution in [3.63, 3.8) is 0 Å². The number of hydrogen-bond donors (Lipinski definition) is 3. The molecule has 152 valence electrons. The molecule has 1 saturated heterocycles. The van der Waals surface area contributed by atoms with E-state index in [4.69, 9.17) is 9.47 Å². The van der Waals surface area contributed by atoms with Crippen LogP contribution in [-0.4, -0.2) is 53.5 Å². The number of nitrogens with zero attached hydrogens (tertiary/aromatic N) is 3. The molecule has 1 fully saturated rings. The zero-order valence-electron chi connectivity index (χ0n) is 16.3. The second kappa shape index (κ2) is 7.96. The van der Waals surface area contributed by atoms with Gasteiger partial charge in [0.1, 0.15) is 11.2 Å². The third-order valence-electron chi connectivity index (χ3n) is 5.00. The van der Waals surface area contributed by atoms with Gasteiger partial charge in [-0.15, -0.1) is 0 Å². The molecule has 1 aliphatic heterocycles. The number of anilines is 3. The zero-order valence-corrected chi connectivity index (χ0v) is 16.3. The molecule has 0 aliphatic carbocycles. The molecule has 0 bridgehead atoms. The van der Waals surface area contributed by atoms with Crippen LogP contribution in [0.25, 0.3) is 10.9 Å². The lowest BCUT2D eigenvalue weighted by Crippen LogP contribution is -2.37. The van der Waals surface area contributed by atoms with E-state index >= 15 is 0 Å². The largest absolute Gasteiger partial charge is 0.493 e. The van der Waals surface area contributed by atoms with Crippen LogP contribution in [0, 0.1) is 0 Å². The summed E-state index contributed by atoms with van der Waals surface area (Å²) in [5, 5.41) is 13.4. The fourth-order valence-electron chi connectivity index (χ4n) is 3.43. The maximum absolute atomic E-state index is 12.5. The highest BCUT2D eigenvalue weighted by Gasteiger charge is 2.21. The Kier molecular flexibility index (Phi) is 5.22. The van der Waals surface area contributed by atoms with Crippen LogP contribution in [0.2, 0.25) is 0 Å². The summed E-state index contributed by atoms with van der Waals surface area (Å²) in [5.74, 6) is 2.11. The lowest BCUT2D eigenvalue weighted by atomic mass is 10.1. The van der Waals surface area contributed by atoms with Crippen molar-refractivity contribution in [2.24, 2.45) is 0 Å². The molecule has 4 rings (SSSR count). The van der Waals surface area contributed by atoms with Crippen LogP contribution >= 0.6 is 0 Å². The number of ether oxygens (including phenoxy) is 2. The van der Waals surface area contributed by atoms with Gasteiger partial charge < -0.3 is 29.8 Å². The zero-order chi connectivity index (χ0) is 20.4. The summed E-state index contributed by atoms with van der Waals surface area (Å²) in [7, 11) is 3.14. The minimum atomic E-state index is -0.293. The second-order valence-electron chi connectivity index (χ2n) is 6.85. The Morgan fingerprint density at radius 1 is 1.14 bits per heavy atom. The molecule has 0 saturated carbocycles. The fraction of sp³-hybridized carbons (Fsp3) is 0.350. The van der Waals surface area contributed by atoms with Crippen LogP contribution in [0.5, 0.6) is 11.5 Å². The first-order valence-corrected chi connectivity index (χ1v) is 9.40. The molecule has 2 aromatic heterocycles. The summed E-state index contributed by atoms with van der Waals surface area (Å²) in [4.78, 5) is 26.4. The minimum Gasteiger partial charge on any atom is -0.493 e. The molecule has 3 N–H and O–H groups in total. The molecule has 1 aliphatic rings. The molecule has 9 nitrogen and oxygen atoms in total. The number of aromatic amines is 1. The third kappa shape index (κ3) is 3.81. The Bertz CT molecular complexity index is 1080. The average Bonchev–Trinajstić information content (AvgIpc) is 2.74. The SMILES string of the molecule is COc1ccc(Nc2nc(N3CCC(O)CC3)nc3cc[nH]c(=O)c23)cc1OC. The Morgan fingerprint density at radius 2 is 1.90 bits per heavy atom. The van der Waals surface area contributed by atoms with Gasteiger partial charge in [0.05, 0.1) is 25.8 Å². The molecule has 29 heavy (non-hydrogen) atoms. The minimum absolute atomic E-state index is 0.272. The van der Waals surface area contributed by atoms with Crippen LogP contribution in [-0.2, 0) is 0 Å². The van der Waals surface area contributed by atoms with Gasteiger partial charge in [0.25, 0.3) is 5.56 Å². The molecule has 0 unspecified atom stereocenters. The summed E-state index contributed by atoms with van der Waals surface area (Å²) in [6.45, 7) is 1.32. The van der Waals surface area contributed by atoms with Gasteiger partial charge in [0, 0.05) is 31.0 Å². The number of fused-ring (bicyclic) bond motifs is 1.